The van der Waals surface area contributed by atoms with Crippen LogP contribution in [-0.2, 0) is 4.74 Å². The average Bonchev–Trinajstić information content (AvgIpc) is 2.78. The Morgan fingerprint density at radius 2 is 1.67 bits per heavy atom. The van der Waals surface area contributed by atoms with E-state index < -0.39 is 8.07 Å². The fourth-order valence-corrected chi connectivity index (χ4v) is 3.93. The van der Waals surface area contributed by atoms with Gasteiger partial charge in [0.05, 0.1) is 12.8 Å². The molecule has 0 atom stereocenters. The molecule has 0 saturated heterocycles. The van der Waals surface area contributed by atoms with Gasteiger partial charge in [-0.25, -0.2) is 0 Å². The summed E-state index contributed by atoms with van der Waals surface area (Å²) in [5.41, 5.74) is 2.37. The largest absolute Gasteiger partial charge is 0.493 e. The fraction of sp³-hybridized carbons (Fsp3) is 0.269. The van der Waals surface area contributed by atoms with E-state index in [0.717, 1.165) is 17.2 Å². The van der Waals surface area contributed by atoms with E-state index in [4.69, 9.17) is 25.8 Å². The van der Waals surface area contributed by atoms with Crippen molar-refractivity contribution in [3.05, 3.63) is 87.3 Å². The summed E-state index contributed by atoms with van der Waals surface area (Å²) in [6.45, 7) is 7.77. The van der Waals surface area contributed by atoms with Gasteiger partial charge in [0.25, 0.3) is 5.56 Å². The van der Waals surface area contributed by atoms with Gasteiger partial charge in [-0.15, -0.1) is 0 Å². The van der Waals surface area contributed by atoms with E-state index in [2.05, 4.69) is 19.6 Å². The first kappa shape index (κ1) is 24.8. The predicted molar refractivity (Wildman–Crippen MR) is 139 cm³/mol. The van der Waals surface area contributed by atoms with Crippen molar-refractivity contribution in [1.29, 1.82) is 0 Å². The molecular formula is C26H30ClNO4Si. The third-order valence-corrected chi connectivity index (χ3v) is 6.96. The lowest BCUT2D eigenvalue weighted by Gasteiger charge is -2.16. The summed E-state index contributed by atoms with van der Waals surface area (Å²) in [5, 5.41) is 0.691. The van der Waals surface area contributed by atoms with Crippen molar-refractivity contribution in [2.45, 2.75) is 25.7 Å². The van der Waals surface area contributed by atoms with Gasteiger partial charge in [-0.2, -0.15) is 0 Å². The first-order chi connectivity index (χ1) is 15.7. The molecule has 0 unspecified atom stereocenters. The molecule has 7 heteroatoms. The zero-order valence-electron chi connectivity index (χ0n) is 19.5. The SMILES string of the molecule is COc1cc(-n2ccc(/C=C\c3ccc(Cl)cc3)cc2=O)ccc1OCOCC[Si](C)(C)C. The van der Waals surface area contributed by atoms with Crippen LogP contribution < -0.4 is 15.0 Å². The summed E-state index contributed by atoms with van der Waals surface area (Å²) < 4.78 is 18.4. The van der Waals surface area contributed by atoms with Crippen LogP contribution >= 0.6 is 11.6 Å². The standard InChI is InChI=1S/C26H30ClNO4Si/c1-30-25-18-23(11-12-24(25)32-19-31-15-16-33(2,3)4)28-14-13-21(17-26(28)29)6-5-20-7-9-22(27)10-8-20/h5-14,17-18H,15-16,19H2,1-4H3/b6-5-. The van der Waals surface area contributed by atoms with Gasteiger partial charge in [0, 0.05) is 38.0 Å². The average molecular weight is 484 g/mol. The maximum atomic E-state index is 12.7. The predicted octanol–water partition coefficient (Wildman–Crippen LogP) is 6.36. The molecule has 0 aliphatic heterocycles. The first-order valence-corrected chi connectivity index (χ1v) is 14.9. The Labute approximate surface area is 201 Å². The van der Waals surface area contributed by atoms with Crippen molar-refractivity contribution in [2.75, 3.05) is 20.5 Å². The summed E-state index contributed by atoms with van der Waals surface area (Å²) in [4.78, 5) is 12.7. The lowest BCUT2D eigenvalue weighted by Crippen LogP contribution is -2.22. The third kappa shape index (κ3) is 7.63. The minimum absolute atomic E-state index is 0.140. The molecule has 5 nitrogen and oxygen atoms in total. The lowest BCUT2D eigenvalue weighted by atomic mass is 10.1. The van der Waals surface area contributed by atoms with E-state index in [1.807, 2.05) is 48.6 Å². The maximum Gasteiger partial charge on any atom is 0.255 e. The van der Waals surface area contributed by atoms with Gasteiger partial charge >= 0.3 is 0 Å². The van der Waals surface area contributed by atoms with Crippen LogP contribution in [0.15, 0.2) is 65.6 Å². The molecule has 0 bridgehead atoms. The van der Waals surface area contributed by atoms with Crippen LogP contribution in [-0.4, -0.2) is 33.2 Å². The molecule has 0 radical (unpaired) electrons. The van der Waals surface area contributed by atoms with Crippen LogP contribution in [0.5, 0.6) is 11.5 Å². The van der Waals surface area contributed by atoms with Gasteiger partial charge in [0.15, 0.2) is 18.3 Å². The van der Waals surface area contributed by atoms with Crippen LogP contribution in [0.3, 0.4) is 0 Å². The van der Waals surface area contributed by atoms with Crippen molar-refractivity contribution >= 4 is 31.8 Å². The van der Waals surface area contributed by atoms with Crippen LogP contribution in [0.25, 0.3) is 17.8 Å². The second-order valence-corrected chi connectivity index (χ2v) is 14.9. The molecule has 0 amide bonds. The molecule has 174 valence electrons. The van der Waals surface area contributed by atoms with E-state index in [1.54, 1.807) is 36.1 Å². The second kappa shape index (κ2) is 11.4. The van der Waals surface area contributed by atoms with Gasteiger partial charge in [-0.05, 0) is 47.5 Å². The Hall–Kier alpha value is -2.80. The minimum atomic E-state index is -1.13. The van der Waals surface area contributed by atoms with Crippen molar-refractivity contribution < 1.29 is 14.2 Å². The van der Waals surface area contributed by atoms with Crippen molar-refractivity contribution in [2.24, 2.45) is 0 Å². The Morgan fingerprint density at radius 3 is 2.33 bits per heavy atom. The number of nitrogens with zero attached hydrogens (tertiary/aromatic N) is 1. The molecular weight excluding hydrogens is 454 g/mol. The number of methoxy groups -OCH3 is 1. The molecule has 0 aliphatic rings. The van der Waals surface area contributed by atoms with E-state index >= 15 is 0 Å². The topological polar surface area (TPSA) is 49.7 Å². The first-order valence-electron chi connectivity index (χ1n) is 10.8. The van der Waals surface area contributed by atoms with Crippen LogP contribution in [0.4, 0.5) is 0 Å². The van der Waals surface area contributed by atoms with E-state index in [0.29, 0.717) is 28.8 Å². The normalized spacial score (nSPS) is 11.7. The molecule has 1 heterocycles. The number of halogens is 1. The summed E-state index contributed by atoms with van der Waals surface area (Å²) in [7, 11) is 0.445. The minimum Gasteiger partial charge on any atom is -0.493 e. The zero-order valence-corrected chi connectivity index (χ0v) is 21.3. The van der Waals surface area contributed by atoms with Gasteiger partial charge in [-0.1, -0.05) is 55.5 Å². The molecule has 0 saturated carbocycles. The summed E-state index contributed by atoms with van der Waals surface area (Å²) in [6.07, 6.45) is 5.59. The molecule has 0 spiro atoms. The van der Waals surface area contributed by atoms with E-state index in [1.165, 1.54) is 0 Å². The summed E-state index contributed by atoms with van der Waals surface area (Å²) in [5.74, 6) is 1.12. The van der Waals surface area contributed by atoms with Gasteiger partial charge in [0.2, 0.25) is 0 Å². The number of ether oxygens (including phenoxy) is 3. The van der Waals surface area contributed by atoms with Crippen molar-refractivity contribution in [3.8, 4) is 17.2 Å². The molecule has 3 rings (SSSR count). The quantitative estimate of drug-likeness (QED) is 0.191. The highest BCUT2D eigenvalue weighted by molar-refractivity contribution is 6.76. The molecule has 33 heavy (non-hydrogen) atoms. The van der Waals surface area contributed by atoms with Gasteiger partial charge in [0.1, 0.15) is 0 Å². The highest BCUT2D eigenvalue weighted by Gasteiger charge is 2.12. The molecule has 1 aromatic heterocycles. The Bertz CT molecular complexity index is 1150. The number of pyridine rings is 1. The Morgan fingerprint density at radius 1 is 0.939 bits per heavy atom. The number of hydrogen-bond donors (Lipinski definition) is 0. The van der Waals surface area contributed by atoms with Crippen molar-refractivity contribution in [1.82, 2.24) is 4.57 Å². The number of benzene rings is 2. The van der Waals surface area contributed by atoms with Crippen molar-refractivity contribution in [3.63, 3.8) is 0 Å². The molecule has 3 aromatic rings. The molecule has 0 N–H and O–H groups in total. The van der Waals surface area contributed by atoms with Crippen LogP contribution in [0.2, 0.25) is 30.7 Å². The van der Waals surface area contributed by atoms with E-state index in [9.17, 15) is 4.79 Å². The maximum absolute atomic E-state index is 12.7. The number of aromatic nitrogens is 1. The van der Waals surface area contributed by atoms with Gasteiger partial charge in [-0.3, -0.25) is 9.36 Å². The fourth-order valence-electron chi connectivity index (χ4n) is 3.05. The number of hydrogen-bond acceptors (Lipinski definition) is 4. The Balaban J connectivity index is 1.68. The van der Waals surface area contributed by atoms with E-state index in [-0.39, 0.29) is 12.4 Å². The summed E-state index contributed by atoms with van der Waals surface area (Å²) >= 11 is 5.92. The molecule has 2 aromatic carbocycles. The third-order valence-electron chi connectivity index (χ3n) is 5.00. The summed E-state index contributed by atoms with van der Waals surface area (Å²) in [6, 6.07) is 17.5. The van der Waals surface area contributed by atoms with Crippen LogP contribution in [0.1, 0.15) is 11.1 Å². The van der Waals surface area contributed by atoms with Crippen LogP contribution in [0, 0.1) is 0 Å². The monoisotopic (exact) mass is 483 g/mol. The molecule has 0 fully saturated rings. The zero-order chi connectivity index (χ0) is 23.8. The highest BCUT2D eigenvalue weighted by Crippen LogP contribution is 2.29. The number of rotatable bonds is 10. The lowest BCUT2D eigenvalue weighted by molar-refractivity contribution is 0.0205. The highest BCUT2D eigenvalue weighted by atomic mass is 35.5. The second-order valence-electron chi connectivity index (χ2n) is 8.87. The molecule has 0 aliphatic carbocycles. The smallest absolute Gasteiger partial charge is 0.255 e. The Kier molecular flexibility index (Phi) is 8.55. The van der Waals surface area contributed by atoms with Gasteiger partial charge < -0.3 is 14.2 Å².